The Morgan fingerprint density at radius 3 is 2.94 bits per heavy atom. The summed E-state index contributed by atoms with van der Waals surface area (Å²) in [7, 11) is 0. The Bertz CT molecular complexity index is 333. The van der Waals surface area contributed by atoms with Gasteiger partial charge in [-0.05, 0) is 37.6 Å². The van der Waals surface area contributed by atoms with Crippen molar-refractivity contribution in [2.75, 3.05) is 6.54 Å². The monoisotopic (exact) mass is 307 g/mol. The van der Waals surface area contributed by atoms with Gasteiger partial charge in [0.05, 0.1) is 0 Å². The summed E-state index contributed by atoms with van der Waals surface area (Å²) in [5.74, 6) is -0.206. The van der Waals surface area contributed by atoms with Gasteiger partial charge in [-0.3, -0.25) is 0 Å². The molecule has 16 heavy (non-hydrogen) atoms. The van der Waals surface area contributed by atoms with Crippen molar-refractivity contribution < 1.29 is 4.39 Å². The summed E-state index contributed by atoms with van der Waals surface area (Å²) in [6.07, 6.45) is 2.14. The fraction of sp³-hybridized carbons (Fsp3) is 0.500. The summed E-state index contributed by atoms with van der Waals surface area (Å²) in [5.41, 5.74) is 0.620. The van der Waals surface area contributed by atoms with Crippen molar-refractivity contribution in [1.29, 1.82) is 0 Å². The predicted octanol–water partition coefficient (Wildman–Crippen LogP) is 4.13. The molecule has 0 amide bonds. The molecule has 0 spiro atoms. The Morgan fingerprint density at radius 2 is 2.25 bits per heavy atom. The zero-order valence-corrected chi connectivity index (χ0v) is 11.6. The van der Waals surface area contributed by atoms with Crippen molar-refractivity contribution in [3.63, 3.8) is 0 Å². The van der Waals surface area contributed by atoms with Crippen LogP contribution in [0.2, 0.25) is 5.02 Å². The van der Waals surface area contributed by atoms with Crippen LogP contribution in [0.5, 0.6) is 0 Å². The molecule has 1 aromatic rings. The minimum absolute atomic E-state index is 0.206. The summed E-state index contributed by atoms with van der Waals surface area (Å²) in [6, 6.07) is 4.62. The largest absolute Gasteiger partial charge is 0.313 e. The van der Waals surface area contributed by atoms with Crippen LogP contribution in [0.25, 0.3) is 0 Å². The number of halogens is 3. The SMILES string of the molecule is CCC(Br)CCNCc1cc(Cl)ccc1F. The van der Waals surface area contributed by atoms with Gasteiger partial charge < -0.3 is 5.32 Å². The van der Waals surface area contributed by atoms with Crippen molar-refractivity contribution in [3.05, 3.63) is 34.6 Å². The first kappa shape index (κ1) is 13.9. The molecule has 1 atom stereocenters. The lowest BCUT2D eigenvalue weighted by Gasteiger charge is -2.09. The van der Waals surface area contributed by atoms with Gasteiger partial charge in [0.1, 0.15) is 5.82 Å². The molecule has 0 saturated heterocycles. The third-order valence-corrected chi connectivity index (χ3v) is 3.74. The van der Waals surface area contributed by atoms with Crippen LogP contribution < -0.4 is 5.32 Å². The lowest BCUT2D eigenvalue weighted by atomic mass is 10.2. The maximum absolute atomic E-state index is 13.3. The van der Waals surface area contributed by atoms with Crippen LogP contribution in [0.1, 0.15) is 25.3 Å². The van der Waals surface area contributed by atoms with Gasteiger partial charge in [0, 0.05) is 22.0 Å². The molecule has 0 radical (unpaired) electrons. The van der Waals surface area contributed by atoms with Crippen molar-refractivity contribution in [3.8, 4) is 0 Å². The van der Waals surface area contributed by atoms with Gasteiger partial charge in [0.15, 0.2) is 0 Å². The van der Waals surface area contributed by atoms with Crippen molar-refractivity contribution in [2.24, 2.45) is 0 Å². The molecule has 1 nitrogen and oxygen atoms in total. The van der Waals surface area contributed by atoms with Gasteiger partial charge in [-0.25, -0.2) is 4.39 Å². The van der Waals surface area contributed by atoms with Crippen LogP contribution in [0.4, 0.5) is 4.39 Å². The van der Waals surface area contributed by atoms with Crippen LogP contribution in [-0.4, -0.2) is 11.4 Å². The molecule has 1 unspecified atom stereocenters. The Hall–Kier alpha value is -0.120. The molecule has 0 bridgehead atoms. The molecule has 0 aliphatic carbocycles. The normalized spacial score (nSPS) is 12.8. The summed E-state index contributed by atoms with van der Waals surface area (Å²) in [4.78, 5) is 0.532. The van der Waals surface area contributed by atoms with Gasteiger partial charge in [0.2, 0.25) is 0 Å². The molecule has 1 aromatic carbocycles. The smallest absolute Gasteiger partial charge is 0.127 e. The standard InChI is InChI=1S/C12H16BrClFN/c1-2-10(13)5-6-16-8-9-7-11(14)3-4-12(9)15/h3-4,7,10,16H,2,5-6,8H2,1H3. The number of hydrogen-bond donors (Lipinski definition) is 1. The van der Waals surface area contributed by atoms with Crippen LogP contribution in [0.3, 0.4) is 0 Å². The van der Waals surface area contributed by atoms with Gasteiger partial charge in [-0.1, -0.05) is 34.5 Å². The first-order valence-electron chi connectivity index (χ1n) is 5.42. The van der Waals surface area contributed by atoms with E-state index in [2.05, 4.69) is 28.2 Å². The molecule has 0 aliphatic heterocycles. The fourth-order valence-electron chi connectivity index (χ4n) is 1.36. The average molecular weight is 309 g/mol. The summed E-state index contributed by atoms with van der Waals surface area (Å²) >= 11 is 9.35. The summed E-state index contributed by atoms with van der Waals surface area (Å²) in [5, 5.41) is 3.78. The highest BCUT2D eigenvalue weighted by molar-refractivity contribution is 9.09. The van der Waals surface area contributed by atoms with Crippen molar-refractivity contribution >= 4 is 27.5 Å². The van der Waals surface area contributed by atoms with Crippen molar-refractivity contribution in [2.45, 2.75) is 31.1 Å². The van der Waals surface area contributed by atoms with E-state index in [-0.39, 0.29) is 5.82 Å². The number of rotatable bonds is 6. The van der Waals surface area contributed by atoms with E-state index in [4.69, 9.17) is 11.6 Å². The van der Waals surface area contributed by atoms with Gasteiger partial charge in [0.25, 0.3) is 0 Å². The predicted molar refractivity (Wildman–Crippen MR) is 70.7 cm³/mol. The highest BCUT2D eigenvalue weighted by atomic mass is 79.9. The number of benzene rings is 1. The highest BCUT2D eigenvalue weighted by Crippen LogP contribution is 2.14. The van der Waals surface area contributed by atoms with Crippen molar-refractivity contribution in [1.82, 2.24) is 5.32 Å². The maximum Gasteiger partial charge on any atom is 0.127 e. The topological polar surface area (TPSA) is 12.0 Å². The third-order valence-electron chi connectivity index (χ3n) is 2.40. The van der Waals surface area contributed by atoms with Crippen LogP contribution in [-0.2, 0) is 6.54 Å². The Labute approximate surface area is 110 Å². The molecule has 0 aromatic heterocycles. The van der Waals surface area contributed by atoms with E-state index in [1.165, 1.54) is 6.07 Å². The van der Waals surface area contributed by atoms with Gasteiger partial charge in [-0.15, -0.1) is 0 Å². The zero-order chi connectivity index (χ0) is 12.0. The molecule has 0 heterocycles. The molecular formula is C12H16BrClFN. The lowest BCUT2D eigenvalue weighted by molar-refractivity contribution is 0.578. The van der Waals surface area contributed by atoms with Crippen LogP contribution in [0.15, 0.2) is 18.2 Å². The van der Waals surface area contributed by atoms with E-state index in [0.29, 0.717) is 22.0 Å². The minimum atomic E-state index is -0.206. The van der Waals surface area contributed by atoms with Crippen LogP contribution in [0, 0.1) is 5.82 Å². The highest BCUT2D eigenvalue weighted by Gasteiger charge is 2.03. The Morgan fingerprint density at radius 1 is 1.50 bits per heavy atom. The van der Waals surface area contributed by atoms with E-state index < -0.39 is 0 Å². The first-order chi connectivity index (χ1) is 7.63. The molecule has 4 heteroatoms. The molecule has 90 valence electrons. The Balaban J connectivity index is 2.34. The second-order valence-electron chi connectivity index (χ2n) is 3.71. The zero-order valence-electron chi connectivity index (χ0n) is 9.27. The van der Waals surface area contributed by atoms with E-state index >= 15 is 0 Å². The molecule has 0 aliphatic rings. The molecule has 1 rings (SSSR count). The fourth-order valence-corrected chi connectivity index (χ4v) is 1.79. The van der Waals surface area contributed by atoms with Gasteiger partial charge in [-0.2, -0.15) is 0 Å². The molecule has 0 fully saturated rings. The molecular weight excluding hydrogens is 292 g/mol. The second-order valence-corrected chi connectivity index (χ2v) is 5.44. The molecule has 1 N–H and O–H groups in total. The molecule has 0 saturated carbocycles. The average Bonchev–Trinajstić information content (AvgIpc) is 2.28. The van der Waals surface area contributed by atoms with E-state index in [0.717, 1.165) is 19.4 Å². The number of nitrogens with one attached hydrogen (secondary N) is 1. The van der Waals surface area contributed by atoms with E-state index in [1.807, 2.05) is 0 Å². The Kier molecular flexibility index (Phi) is 6.32. The maximum atomic E-state index is 13.3. The van der Waals surface area contributed by atoms with Crippen LogP contribution >= 0.6 is 27.5 Å². The summed E-state index contributed by atoms with van der Waals surface area (Å²) < 4.78 is 13.3. The van der Waals surface area contributed by atoms with E-state index in [9.17, 15) is 4.39 Å². The van der Waals surface area contributed by atoms with Gasteiger partial charge >= 0.3 is 0 Å². The second kappa shape index (κ2) is 7.25. The quantitative estimate of drug-likeness (QED) is 0.615. The summed E-state index contributed by atoms with van der Waals surface area (Å²) in [6.45, 7) is 3.53. The third kappa shape index (κ3) is 4.81. The lowest BCUT2D eigenvalue weighted by Crippen LogP contribution is -2.18. The first-order valence-corrected chi connectivity index (χ1v) is 6.71. The number of alkyl halides is 1. The minimum Gasteiger partial charge on any atom is -0.313 e. The number of hydrogen-bond acceptors (Lipinski definition) is 1. The van der Waals surface area contributed by atoms with E-state index in [1.54, 1.807) is 12.1 Å².